The minimum atomic E-state index is -0.143. The molecule has 0 saturated carbocycles. The molecule has 0 radical (unpaired) electrons. The van der Waals surface area contributed by atoms with Gasteiger partial charge in [0.2, 0.25) is 0 Å². The molecule has 0 amide bonds. The number of benzene rings is 1. The molecule has 0 saturated heterocycles. The summed E-state index contributed by atoms with van der Waals surface area (Å²) in [5.41, 5.74) is 2.43. The first-order valence-electron chi connectivity index (χ1n) is 5.78. The van der Waals surface area contributed by atoms with Crippen LogP contribution in [0.3, 0.4) is 0 Å². The van der Waals surface area contributed by atoms with E-state index in [0.29, 0.717) is 22.6 Å². The number of aliphatic hydroxyl groups is 1. The van der Waals surface area contributed by atoms with Crippen LogP contribution in [0, 0.1) is 25.2 Å². The molecule has 19 heavy (non-hydrogen) atoms. The predicted octanol–water partition coefficient (Wildman–Crippen LogP) is 2.25. The molecular formula is C14H13N3O2. The van der Waals surface area contributed by atoms with Crippen LogP contribution in [0.15, 0.2) is 24.3 Å². The lowest BCUT2D eigenvalue weighted by atomic mass is 10.1. The Hall–Kier alpha value is -2.45. The van der Waals surface area contributed by atoms with Gasteiger partial charge in [-0.25, -0.2) is 0 Å². The summed E-state index contributed by atoms with van der Waals surface area (Å²) in [6.07, 6.45) is 0. The zero-order valence-electron chi connectivity index (χ0n) is 10.7. The lowest BCUT2D eigenvalue weighted by Gasteiger charge is -2.10. The van der Waals surface area contributed by atoms with Gasteiger partial charge in [-0.1, -0.05) is 18.2 Å². The third-order valence-corrected chi connectivity index (χ3v) is 2.88. The van der Waals surface area contributed by atoms with E-state index < -0.39 is 0 Å². The van der Waals surface area contributed by atoms with Crippen LogP contribution in [0.1, 0.15) is 22.4 Å². The Labute approximate surface area is 111 Å². The van der Waals surface area contributed by atoms with E-state index in [2.05, 4.69) is 16.3 Å². The van der Waals surface area contributed by atoms with Crippen LogP contribution in [0.5, 0.6) is 11.6 Å². The number of rotatable bonds is 3. The van der Waals surface area contributed by atoms with Crippen molar-refractivity contribution >= 4 is 0 Å². The van der Waals surface area contributed by atoms with E-state index in [9.17, 15) is 10.4 Å². The normalized spacial score (nSPS) is 10.0. The Morgan fingerprint density at radius 2 is 2.00 bits per heavy atom. The first kappa shape index (κ1) is 13.0. The second kappa shape index (κ2) is 5.46. The lowest BCUT2D eigenvalue weighted by Crippen LogP contribution is -2.01. The summed E-state index contributed by atoms with van der Waals surface area (Å²) in [5.74, 6) is 0.630. The third kappa shape index (κ3) is 2.54. The van der Waals surface area contributed by atoms with Crippen LogP contribution in [0.4, 0.5) is 0 Å². The van der Waals surface area contributed by atoms with Gasteiger partial charge in [0.25, 0.3) is 5.88 Å². The Morgan fingerprint density at radius 3 is 2.68 bits per heavy atom. The van der Waals surface area contributed by atoms with Gasteiger partial charge in [0.15, 0.2) is 0 Å². The standard InChI is InChI=1S/C14H13N3O2/c1-9-10(2)16-17-14(12(9)7-15)19-13-6-4-3-5-11(13)8-18/h3-6,18H,8H2,1-2H3. The number of nitriles is 1. The first-order valence-corrected chi connectivity index (χ1v) is 5.78. The van der Waals surface area contributed by atoms with E-state index >= 15 is 0 Å². The minimum absolute atomic E-state index is 0.143. The average Bonchev–Trinajstić information content (AvgIpc) is 2.44. The number of aliphatic hydroxyl groups excluding tert-OH is 1. The largest absolute Gasteiger partial charge is 0.436 e. The summed E-state index contributed by atoms with van der Waals surface area (Å²) in [5, 5.41) is 26.3. The van der Waals surface area contributed by atoms with Gasteiger partial charge in [-0.3, -0.25) is 0 Å². The van der Waals surface area contributed by atoms with Gasteiger partial charge >= 0.3 is 0 Å². The smallest absolute Gasteiger partial charge is 0.257 e. The molecule has 96 valence electrons. The number of hydrogen-bond acceptors (Lipinski definition) is 5. The quantitative estimate of drug-likeness (QED) is 0.909. The molecule has 0 atom stereocenters. The molecule has 5 heteroatoms. The van der Waals surface area contributed by atoms with Crippen LogP contribution in [-0.2, 0) is 6.61 Å². The average molecular weight is 255 g/mol. The highest BCUT2D eigenvalue weighted by molar-refractivity contribution is 5.47. The molecule has 0 fully saturated rings. The van der Waals surface area contributed by atoms with Gasteiger partial charge in [0.1, 0.15) is 17.4 Å². The molecule has 0 aliphatic rings. The highest BCUT2D eigenvalue weighted by Gasteiger charge is 2.14. The Balaban J connectivity index is 2.45. The van der Waals surface area contributed by atoms with E-state index in [0.717, 1.165) is 5.56 Å². The van der Waals surface area contributed by atoms with Crippen LogP contribution in [0.25, 0.3) is 0 Å². The van der Waals surface area contributed by atoms with Crippen LogP contribution < -0.4 is 4.74 Å². The van der Waals surface area contributed by atoms with Crippen molar-refractivity contribution in [3.05, 3.63) is 46.6 Å². The molecule has 2 rings (SSSR count). The summed E-state index contributed by atoms with van der Waals surface area (Å²) in [6, 6.07) is 9.12. The second-order valence-corrected chi connectivity index (χ2v) is 4.07. The zero-order chi connectivity index (χ0) is 13.8. The Morgan fingerprint density at radius 1 is 1.26 bits per heavy atom. The summed E-state index contributed by atoms with van der Waals surface area (Å²) in [6.45, 7) is 3.44. The van der Waals surface area contributed by atoms with Gasteiger partial charge in [0, 0.05) is 5.56 Å². The maximum absolute atomic E-state index is 9.24. The number of hydrogen-bond donors (Lipinski definition) is 1. The number of nitrogens with zero attached hydrogens (tertiary/aromatic N) is 3. The van der Waals surface area contributed by atoms with Gasteiger partial charge in [0.05, 0.1) is 12.3 Å². The van der Waals surface area contributed by atoms with Gasteiger partial charge in [-0.15, -0.1) is 5.10 Å². The topological polar surface area (TPSA) is 79.0 Å². The molecule has 1 N–H and O–H groups in total. The van der Waals surface area contributed by atoms with E-state index in [4.69, 9.17) is 4.74 Å². The summed E-state index contributed by atoms with van der Waals surface area (Å²) < 4.78 is 5.60. The van der Waals surface area contributed by atoms with E-state index in [1.165, 1.54) is 0 Å². The highest BCUT2D eigenvalue weighted by Crippen LogP contribution is 2.27. The summed E-state index contributed by atoms with van der Waals surface area (Å²) >= 11 is 0. The number of aromatic nitrogens is 2. The SMILES string of the molecule is Cc1nnc(Oc2ccccc2CO)c(C#N)c1C. The number of para-hydroxylation sites is 1. The molecule has 0 aliphatic heterocycles. The maximum Gasteiger partial charge on any atom is 0.257 e. The molecule has 5 nitrogen and oxygen atoms in total. The Bertz CT molecular complexity index is 648. The van der Waals surface area contributed by atoms with Crippen molar-refractivity contribution < 1.29 is 9.84 Å². The van der Waals surface area contributed by atoms with Gasteiger partial charge in [-0.05, 0) is 25.5 Å². The first-order chi connectivity index (χ1) is 9.17. The van der Waals surface area contributed by atoms with Crippen LogP contribution >= 0.6 is 0 Å². The minimum Gasteiger partial charge on any atom is -0.436 e. The third-order valence-electron chi connectivity index (χ3n) is 2.88. The molecule has 0 aliphatic carbocycles. The molecule has 1 aromatic heterocycles. The fourth-order valence-corrected chi connectivity index (χ4v) is 1.63. The summed E-state index contributed by atoms with van der Waals surface area (Å²) in [7, 11) is 0. The molecule has 1 aromatic carbocycles. The molecule has 0 unspecified atom stereocenters. The fraction of sp³-hybridized carbons (Fsp3) is 0.214. The van der Waals surface area contributed by atoms with E-state index in [-0.39, 0.29) is 12.5 Å². The van der Waals surface area contributed by atoms with Gasteiger partial charge in [-0.2, -0.15) is 10.4 Å². The van der Waals surface area contributed by atoms with Crippen molar-refractivity contribution in [3.8, 4) is 17.7 Å². The monoisotopic (exact) mass is 255 g/mol. The van der Waals surface area contributed by atoms with E-state index in [1.807, 2.05) is 0 Å². The Kier molecular flexibility index (Phi) is 3.74. The van der Waals surface area contributed by atoms with Crippen molar-refractivity contribution in [2.24, 2.45) is 0 Å². The van der Waals surface area contributed by atoms with Crippen molar-refractivity contribution in [1.29, 1.82) is 5.26 Å². The molecule has 1 heterocycles. The van der Waals surface area contributed by atoms with E-state index in [1.54, 1.807) is 38.1 Å². The van der Waals surface area contributed by atoms with Crippen molar-refractivity contribution in [3.63, 3.8) is 0 Å². The second-order valence-electron chi connectivity index (χ2n) is 4.07. The molecule has 0 bridgehead atoms. The number of ether oxygens (including phenoxy) is 1. The summed E-state index contributed by atoms with van der Waals surface area (Å²) in [4.78, 5) is 0. The predicted molar refractivity (Wildman–Crippen MR) is 68.7 cm³/mol. The number of aryl methyl sites for hydroxylation is 1. The molecular weight excluding hydrogens is 242 g/mol. The van der Waals surface area contributed by atoms with Crippen molar-refractivity contribution in [1.82, 2.24) is 10.2 Å². The lowest BCUT2D eigenvalue weighted by molar-refractivity contribution is 0.276. The van der Waals surface area contributed by atoms with Crippen molar-refractivity contribution in [2.45, 2.75) is 20.5 Å². The molecule has 0 spiro atoms. The molecule has 2 aromatic rings. The van der Waals surface area contributed by atoms with Gasteiger partial charge < -0.3 is 9.84 Å². The zero-order valence-corrected chi connectivity index (χ0v) is 10.7. The highest BCUT2D eigenvalue weighted by atomic mass is 16.5. The van der Waals surface area contributed by atoms with Crippen LogP contribution in [0.2, 0.25) is 0 Å². The maximum atomic E-state index is 9.24. The fourth-order valence-electron chi connectivity index (χ4n) is 1.63. The van der Waals surface area contributed by atoms with Crippen molar-refractivity contribution in [2.75, 3.05) is 0 Å². The van der Waals surface area contributed by atoms with Crippen LogP contribution in [-0.4, -0.2) is 15.3 Å².